The highest BCUT2D eigenvalue weighted by Gasteiger charge is 2.29. The maximum Gasteiger partial charge on any atom is 0.351 e. The minimum atomic E-state index is -0.946. The van der Waals surface area contributed by atoms with Gasteiger partial charge >= 0.3 is 5.97 Å². The molecule has 2 aromatic carbocycles. The third-order valence-corrected chi connectivity index (χ3v) is 3.71. The first-order valence-electron chi connectivity index (χ1n) is 7.96. The Bertz CT molecular complexity index is 831. The fraction of sp³-hybridized carbons (Fsp3) is 0.211. The van der Waals surface area contributed by atoms with Crippen LogP contribution in [0.4, 0.5) is 5.69 Å². The van der Waals surface area contributed by atoms with E-state index >= 15 is 0 Å². The van der Waals surface area contributed by atoms with E-state index in [2.05, 4.69) is 0 Å². The first-order valence-corrected chi connectivity index (χ1v) is 7.96. The number of carbonyl (C=O) groups is 2. The van der Waals surface area contributed by atoms with E-state index in [4.69, 9.17) is 19.5 Å². The number of amides is 1. The van der Waals surface area contributed by atoms with Crippen LogP contribution in [-0.4, -0.2) is 37.7 Å². The number of anilines is 1. The van der Waals surface area contributed by atoms with E-state index in [1.54, 1.807) is 54.6 Å². The summed E-state index contributed by atoms with van der Waals surface area (Å²) in [6.07, 6.45) is -0.946. The van der Waals surface area contributed by atoms with Gasteiger partial charge in [-0.1, -0.05) is 30.3 Å². The molecule has 1 atom stereocenters. The normalized spacial score (nSPS) is 14.8. The van der Waals surface area contributed by atoms with Gasteiger partial charge in [0, 0.05) is 5.69 Å². The van der Waals surface area contributed by atoms with Crippen molar-refractivity contribution in [3.8, 4) is 17.6 Å². The van der Waals surface area contributed by atoms with Gasteiger partial charge in [-0.3, -0.25) is 9.69 Å². The third kappa shape index (κ3) is 3.92. The summed E-state index contributed by atoms with van der Waals surface area (Å²) in [6, 6.07) is 17.6. The van der Waals surface area contributed by atoms with Crippen LogP contribution in [0.1, 0.15) is 0 Å². The van der Waals surface area contributed by atoms with Crippen molar-refractivity contribution in [2.45, 2.75) is 6.10 Å². The van der Waals surface area contributed by atoms with Crippen molar-refractivity contribution in [2.75, 3.05) is 24.7 Å². The Labute approximate surface area is 150 Å². The third-order valence-electron chi connectivity index (χ3n) is 3.71. The molecule has 0 saturated heterocycles. The molecule has 1 heterocycles. The predicted octanol–water partition coefficient (Wildman–Crippen LogP) is 1.93. The Morgan fingerprint density at radius 1 is 1.12 bits per heavy atom. The molecule has 0 N–H and O–H groups in total. The van der Waals surface area contributed by atoms with Gasteiger partial charge in [0.05, 0.1) is 6.07 Å². The van der Waals surface area contributed by atoms with Gasteiger partial charge in [-0.05, 0) is 24.3 Å². The summed E-state index contributed by atoms with van der Waals surface area (Å²) < 4.78 is 16.1. The molecule has 2 aromatic rings. The molecule has 0 aliphatic carbocycles. The van der Waals surface area contributed by atoms with Crippen molar-refractivity contribution < 1.29 is 23.8 Å². The van der Waals surface area contributed by atoms with Crippen molar-refractivity contribution in [2.24, 2.45) is 0 Å². The molecule has 1 aliphatic rings. The molecule has 132 valence electrons. The SMILES string of the molecule is N#CCN(C(=O)COC(=O)[C@H]1COc2ccccc2O1)c1ccccc1. The van der Waals surface area contributed by atoms with Crippen LogP contribution in [0.15, 0.2) is 54.6 Å². The maximum atomic E-state index is 12.3. The fourth-order valence-corrected chi connectivity index (χ4v) is 2.44. The molecule has 1 amide bonds. The number of hydrogen-bond acceptors (Lipinski definition) is 6. The molecule has 0 radical (unpaired) electrons. The summed E-state index contributed by atoms with van der Waals surface area (Å²) in [7, 11) is 0. The minimum absolute atomic E-state index is 0.00460. The van der Waals surface area contributed by atoms with Gasteiger partial charge in [0.2, 0.25) is 6.10 Å². The Hall–Kier alpha value is -3.53. The second-order valence-electron chi connectivity index (χ2n) is 5.45. The molecule has 0 fully saturated rings. The first-order chi connectivity index (χ1) is 12.7. The monoisotopic (exact) mass is 352 g/mol. The molecule has 0 aromatic heterocycles. The second-order valence-corrected chi connectivity index (χ2v) is 5.45. The van der Waals surface area contributed by atoms with Gasteiger partial charge in [0.25, 0.3) is 5.91 Å². The smallest absolute Gasteiger partial charge is 0.351 e. The van der Waals surface area contributed by atoms with Crippen molar-refractivity contribution in [3.63, 3.8) is 0 Å². The molecule has 0 bridgehead atoms. The molecule has 0 spiro atoms. The number of carbonyl (C=O) groups excluding carboxylic acids is 2. The summed E-state index contributed by atoms with van der Waals surface area (Å²) >= 11 is 0. The lowest BCUT2D eigenvalue weighted by Gasteiger charge is -2.25. The molecular formula is C19H16N2O5. The van der Waals surface area contributed by atoms with E-state index in [1.807, 2.05) is 6.07 Å². The summed E-state index contributed by atoms with van der Waals surface area (Å²) in [4.78, 5) is 25.8. The van der Waals surface area contributed by atoms with E-state index in [1.165, 1.54) is 4.90 Å². The maximum absolute atomic E-state index is 12.3. The number of para-hydroxylation sites is 3. The topological polar surface area (TPSA) is 88.9 Å². The summed E-state index contributed by atoms with van der Waals surface area (Å²) in [5.74, 6) is -0.194. The highest BCUT2D eigenvalue weighted by atomic mass is 16.6. The number of nitriles is 1. The zero-order valence-electron chi connectivity index (χ0n) is 13.8. The minimum Gasteiger partial charge on any atom is -0.485 e. The Kier molecular flexibility index (Phi) is 5.34. The average Bonchev–Trinajstić information content (AvgIpc) is 2.70. The van der Waals surface area contributed by atoms with Crippen LogP contribution in [0.5, 0.6) is 11.5 Å². The van der Waals surface area contributed by atoms with Crippen LogP contribution < -0.4 is 14.4 Å². The second kappa shape index (κ2) is 8.03. The Morgan fingerprint density at radius 2 is 1.81 bits per heavy atom. The number of ether oxygens (including phenoxy) is 3. The largest absolute Gasteiger partial charge is 0.485 e. The molecule has 0 saturated carbocycles. The lowest BCUT2D eigenvalue weighted by atomic mass is 10.2. The Morgan fingerprint density at radius 3 is 2.54 bits per heavy atom. The molecule has 3 rings (SSSR count). The quantitative estimate of drug-likeness (QED) is 0.603. The number of nitrogens with zero attached hydrogens (tertiary/aromatic N) is 2. The Balaban J connectivity index is 1.58. The number of benzene rings is 2. The highest BCUT2D eigenvalue weighted by Crippen LogP contribution is 2.31. The van der Waals surface area contributed by atoms with Gasteiger partial charge in [-0.2, -0.15) is 5.26 Å². The highest BCUT2D eigenvalue weighted by molar-refractivity contribution is 5.95. The molecule has 7 heteroatoms. The van der Waals surface area contributed by atoms with Crippen molar-refractivity contribution in [1.82, 2.24) is 0 Å². The number of esters is 1. The van der Waals surface area contributed by atoms with Crippen LogP contribution in [0, 0.1) is 11.3 Å². The molecule has 26 heavy (non-hydrogen) atoms. The molecule has 0 unspecified atom stereocenters. The summed E-state index contributed by atoms with van der Waals surface area (Å²) in [6.45, 7) is -0.627. The van der Waals surface area contributed by atoms with Gasteiger partial charge < -0.3 is 14.2 Å². The number of rotatable bonds is 5. The molecular weight excluding hydrogens is 336 g/mol. The lowest BCUT2D eigenvalue weighted by molar-refractivity contribution is -0.157. The van der Waals surface area contributed by atoms with E-state index in [-0.39, 0.29) is 13.2 Å². The molecule has 1 aliphatic heterocycles. The fourth-order valence-electron chi connectivity index (χ4n) is 2.44. The number of hydrogen-bond donors (Lipinski definition) is 0. The van der Waals surface area contributed by atoms with Crippen molar-refractivity contribution in [1.29, 1.82) is 5.26 Å². The van der Waals surface area contributed by atoms with E-state index < -0.39 is 24.6 Å². The summed E-state index contributed by atoms with van der Waals surface area (Å²) in [5, 5.41) is 8.93. The van der Waals surface area contributed by atoms with E-state index in [9.17, 15) is 9.59 Å². The van der Waals surface area contributed by atoms with Crippen LogP contribution >= 0.6 is 0 Å². The number of fused-ring (bicyclic) bond motifs is 1. The standard InChI is InChI=1S/C19H16N2O5/c20-10-11-21(14-6-2-1-3-7-14)18(22)13-25-19(23)17-12-24-15-8-4-5-9-16(15)26-17/h1-9,17H,11-13H2/t17-/m1/s1. The zero-order chi connectivity index (χ0) is 18.4. The lowest BCUT2D eigenvalue weighted by Crippen LogP contribution is -2.40. The van der Waals surface area contributed by atoms with Gasteiger partial charge in [-0.25, -0.2) is 4.79 Å². The first kappa shape index (κ1) is 17.3. The van der Waals surface area contributed by atoms with E-state index in [0.717, 1.165) is 0 Å². The average molecular weight is 352 g/mol. The van der Waals surface area contributed by atoms with Crippen LogP contribution in [0.2, 0.25) is 0 Å². The van der Waals surface area contributed by atoms with Crippen molar-refractivity contribution >= 4 is 17.6 Å². The predicted molar refractivity (Wildman–Crippen MR) is 91.7 cm³/mol. The van der Waals surface area contributed by atoms with Crippen LogP contribution in [-0.2, 0) is 14.3 Å². The van der Waals surface area contributed by atoms with Crippen LogP contribution in [0.3, 0.4) is 0 Å². The molecule has 7 nitrogen and oxygen atoms in total. The summed E-state index contributed by atoms with van der Waals surface area (Å²) in [5.41, 5.74) is 0.557. The van der Waals surface area contributed by atoms with Gasteiger partial charge in [0.1, 0.15) is 13.2 Å². The zero-order valence-corrected chi connectivity index (χ0v) is 13.8. The van der Waals surface area contributed by atoms with Gasteiger partial charge in [-0.15, -0.1) is 0 Å². The van der Waals surface area contributed by atoms with Crippen molar-refractivity contribution in [3.05, 3.63) is 54.6 Å². The van der Waals surface area contributed by atoms with E-state index in [0.29, 0.717) is 17.2 Å². The van der Waals surface area contributed by atoms with Gasteiger partial charge in [0.15, 0.2) is 18.1 Å². The van der Waals surface area contributed by atoms with Crippen LogP contribution in [0.25, 0.3) is 0 Å².